The number of benzene rings is 1. The van der Waals surface area contributed by atoms with Gasteiger partial charge >= 0.3 is 12.1 Å². The lowest BCUT2D eigenvalue weighted by Crippen LogP contribution is -2.47. The number of hydrogen-bond donors (Lipinski definition) is 2. The Morgan fingerprint density at radius 1 is 1.09 bits per heavy atom. The fraction of sp³-hybridized carbons (Fsp3) is 0.565. The van der Waals surface area contributed by atoms with E-state index in [0.717, 1.165) is 68.8 Å². The Morgan fingerprint density at radius 3 is 2.62 bits per heavy atom. The minimum absolute atomic E-state index is 0.0469. The summed E-state index contributed by atoms with van der Waals surface area (Å²) in [6.45, 7) is 8.90. The highest BCUT2D eigenvalue weighted by Gasteiger charge is 2.24. The van der Waals surface area contributed by atoms with Crippen LogP contribution in [0, 0.1) is 0 Å². The number of carbonyl (C=O) groups is 2. The molecule has 0 atom stereocenters. The highest BCUT2D eigenvalue weighted by atomic mass is 16.6. The summed E-state index contributed by atoms with van der Waals surface area (Å²) in [6.07, 6.45) is 3.27. The maximum absolute atomic E-state index is 12.5. The first-order valence-electron chi connectivity index (χ1n) is 11.5. The Balaban J connectivity index is 1.26. The van der Waals surface area contributed by atoms with Crippen molar-refractivity contribution in [2.45, 2.75) is 32.4 Å². The number of anilines is 1. The van der Waals surface area contributed by atoms with E-state index in [4.69, 9.17) is 9.47 Å². The lowest BCUT2D eigenvalue weighted by Gasteiger charge is -2.31. The van der Waals surface area contributed by atoms with Gasteiger partial charge in [0.15, 0.2) is 0 Å². The minimum Gasteiger partial charge on any atom is -0.450 e. The summed E-state index contributed by atoms with van der Waals surface area (Å²) in [5.41, 5.74) is 1.93. The normalized spacial score (nSPS) is 18.0. The molecule has 0 radical (unpaired) electrons. The van der Waals surface area contributed by atoms with Crippen LogP contribution in [0.25, 0.3) is 10.9 Å². The Hall–Kier alpha value is -2.78. The molecule has 2 N–H and O–H groups in total. The molecule has 9 nitrogen and oxygen atoms in total. The Bertz CT molecular complexity index is 916. The van der Waals surface area contributed by atoms with Gasteiger partial charge in [0.1, 0.15) is 0 Å². The monoisotopic (exact) mass is 443 g/mol. The van der Waals surface area contributed by atoms with E-state index in [1.54, 1.807) is 11.8 Å². The van der Waals surface area contributed by atoms with Crippen molar-refractivity contribution in [2.24, 2.45) is 0 Å². The summed E-state index contributed by atoms with van der Waals surface area (Å²) in [5.74, 6) is 0. The SMILES string of the molecule is CCOC(=O)N1CCC(NC(=O)Nc2ccc3c(ccn3CCN3CCOCC3)c2)CC1. The Kier molecular flexibility index (Phi) is 7.49. The molecule has 2 fully saturated rings. The molecule has 174 valence electrons. The molecule has 2 aliphatic heterocycles. The predicted molar refractivity (Wildman–Crippen MR) is 123 cm³/mol. The first-order chi connectivity index (χ1) is 15.6. The fourth-order valence-electron chi connectivity index (χ4n) is 4.32. The lowest BCUT2D eigenvalue weighted by molar-refractivity contribution is 0.0365. The molecule has 1 aromatic heterocycles. The van der Waals surface area contributed by atoms with Crippen LogP contribution in [0.3, 0.4) is 0 Å². The number of piperidine rings is 1. The van der Waals surface area contributed by atoms with E-state index >= 15 is 0 Å². The number of amides is 3. The van der Waals surface area contributed by atoms with Gasteiger partial charge in [0, 0.05) is 68.1 Å². The number of ether oxygens (including phenoxy) is 2. The van der Waals surface area contributed by atoms with Crippen LogP contribution in [0.4, 0.5) is 15.3 Å². The number of fused-ring (bicyclic) bond motifs is 1. The maximum atomic E-state index is 12.5. The smallest absolute Gasteiger partial charge is 0.409 e. The third kappa shape index (κ3) is 5.72. The maximum Gasteiger partial charge on any atom is 0.409 e. The second-order valence-electron chi connectivity index (χ2n) is 8.30. The summed E-state index contributed by atoms with van der Waals surface area (Å²) >= 11 is 0. The van der Waals surface area contributed by atoms with Crippen molar-refractivity contribution in [2.75, 3.05) is 57.9 Å². The van der Waals surface area contributed by atoms with Gasteiger partial charge in [-0.25, -0.2) is 9.59 Å². The van der Waals surface area contributed by atoms with Gasteiger partial charge in [-0.1, -0.05) is 0 Å². The zero-order chi connectivity index (χ0) is 22.3. The summed E-state index contributed by atoms with van der Waals surface area (Å²) in [6, 6.07) is 7.92. The Morgan fingerprint density at radius 2 is 1.88 bits per heavy atom. The number of nitrogens with zero attached hydrogens (tertiary/aromatic N) is 3. The lowest BCUT2D eigenvalue weighted by atomic mass is 10.1. The predicted octanol–water partition coefficient (Wildman–Crippen LogP) is 2.72. The van der Waals surface area contributed by atoms with E-state index < -0.39 is 0 Å². The van der Waals surface area contributed by atoms with Gasteiger partial charge in [-0.15, -0.1) is 0 Å². The molecular formula is C23H33N5O4. The number of nitrogens with one attached hydrogen (secondary N) is 2. The van der Waals surface area contributed by atoms with Crippen LogP contribution in [0.15, 0.2) is 30.5 Å². The van der Waals surface area contributed by atoms with Crippen LogP contribution in [0.1, 0.15) is 19.8 Å². The highest BCUT2D eigenvalue weighted by molar-refractivity contribution is 5.93. The van der Waals surface area contributed by atoms with Gasteiger partial charge < -0.3 is 29.6 Å². The molecule has 0 aliphatic carbocycles. The van der Waals surface area contributed by atoms with Crippen molar-refractivity contribution in [1.82, 2.24) is 19.7 Å². The van der Waals surface area contributed by atoms with Crippen LogP contribution in [-0.2, 0) is 16.0 Å². The van der Waals surface area contributed by atoms with Crippen molar-refractivity contribution >= 4 is 28.7 Å². The fourth-order valence-corrected chi connectivity index (χ4v) is 4.32. The van der Waals surface area contributed by atoms with Crippen LogP contribution in [0.2, 0.25) is 0 Å². The van der Waals surface area contributed by atoms with E-state index in [9.17, 15) is 9.59 Å². The number of hydrogen-bond acceptors (Lipinski definition) is 5. The second-order valence-corrected chi connectivity index (χ2v) is 8.30. The average molecular weight is 444 g/mol. The molecule has 0 spiro atoms. The molecule has 2 aromatic rings. The number of urea groups is 1. The summed E-state index contributed by atoms with van der Waals surface area (Å²) in [7, 11) is 0. The third-order valence-corrected chi connectivity index (χ3v) is 6.15. The molecule has 2 saturated heterocycles. The van der Waals surface area contributed by atoms with Gasteiger partial charge in [-0.2, -0.15) is 0 Å². The quantitative estimate of drug-likeness (QED) is 0.717. The number of aromatic nitrogens is 1. The first kappa shape index (κ1) is 22.4. The number of likely N-dealkylation sites (tertiary alicyclic amines) is 1. The van der Waals surface area contributed by atoms with E-state index in [1.807, 2.05) is 12.1 Å². The van der Waals surface area contributed by atoms with E-state index in [2.05, 4.69) is 38.4 Å². The molecule has 0 saturated carbocycles. The number of carbonyl (C=O) groups excluding carboxylic acids is 2. The number of morpholine rings is 1. The molecule has 1 aromatic carbocycles. The van der Waals surface area contributed by atoms with E-state index in [0.29, 0.717) is 19.7 Å². The van der Waals surface area contributed by atoms with Crippen LogP contribution < -0.4 is 10.6 Å². The first-order valence-corrected chi connectivity index (χ1v) is 11.5. The zero-order valence-corrected chi connectivity index (χ0v) is 18.7. The van der Waals surface area contributed by atoms with Gasteiger partial charge in [-0.3, -0.25) is 4.90 Å². The third-order valence-electron chi connectivity index (χ3n) is 6.15. The van der Waals surface area contributed by atoms with Crippen molar-refractivity contribution in [3.63, 3.8) is 0 Å². The van der Waals surface area contributed by atoms with Gasteiger partial charge in [0.05, 0.1) is 19.8 Å². The van der Waals surface area contributed by atoms with Crippen LogP contribution in [-0.4, -0.2) is 85.1 Å². The van der Waals surface area contributed by atoms with Crippen molar-refractivity contribution < 1.29 is 19.1 Å². The van der Waals surface area contributed by atoms with Crippen molar-refractivity contribution in [3.8, 4) is 0 Å². The molecule has 3 heterocycles. The van der Waals surface area contributed by atoms with Gasteiger partial charge in [-0.05, 0) is 44.0 Å². The molecule has 3 amide bonds. The summed E-state index contributed by atoms with van der Waals surface area (Å²) in [4.78, 5) is 28.4. The molecule has 32 heavy (non-hydrogen) atoms. The summed E-state index contributed by atoms with van der Waals surface area (Å²) < 4.78 is 12.7. The second kappa shape index (κ2) is 10.7. The van der Waals surface area contributed by atoms with Crippen molar-refractivity contribution in [1.29, 1.82) is 0 Å². The van der Waals surface area contributed by atoms with E-state index in [1.165, 1.54) is 0 Å². The van der Waals surface area contributed by atoms with Crippen LogP contribution >= 0.6 is 0 Å². The zero-order valence-electron chi connectivity index (χ0n) is 18.7. The molecule has 2 aliphatic rings. The van der Waals surface area contributed by atoms with Gasteiger partial charge in [0.25, 0.3) is 0 Å². The number of rotatable bonds is 6. The standard InChI is InChI=1S/C23H33N5O4/c1-2-32-23(30)28-9-6-19(7-10-28)24-22(29)25-20-3-4-21-18(17-20)5-8-27(21)12-11-26-13-15-31-16-14-26/h3-5,8,17,19H,2,6-7,9-16H2,1H3,(H2,24,25,29). The molecular weight excluding hydrogens is 410 g/mol. The highest BCUT2D eigenvalue weighted by Crippen LogP contribution is 2.21. The largest absolute Gasteiger partial charge is 0.450 e. The van der Waals surface area contributed by atoms with Gasteiger partial charge in [0.2, 0.25) is 0 Å². The molecule has 0 unspecified atom stereocenters. The van der Waals surface area contributed by atoms with Crippen molar-refractivity contribution in [3.05, 3.63) is 30.5 Å². The van der Waals surface area contributed by atoms with Crippen LogP contribution in [0.5, 0.6) is 0 Å². The average Bonchev–Trinajstić information content (AvgIpc) is 3.21. The molecule has 4 rings (SSSR count). The molecule has 0 bridgehead atoms. The Labute approximate surface area is 188 Å². The molecule has 9 heteroatoms. The summed E-state index contributed by atoms with van der Waals surface area (Å²) in [5, 5.41) is 7.07. The topological polar surface area (TPSA) is 88.1 Å². The van der Waals surface area contributed by atoms with E-state index in [-0.39, 0.29) is 18.2 Å². The minimum atomic E-state index is -0.277.